The molecule has 1 N–H and O–H groups in total. The maximum Gasteiger partial charge on any atom is 0.104 e. The van der Waals surface area contributed by atoms with Crippen molar-refractivity contribution in [1.29, 1.82) is 0 Å². The average Bonchev–Trinajstić information content (AvgIpc) is 2.70. The molecule has 0 amide bonds. The SMILES string of the molecule is C=CCOCC(COCC=C)OCC(O)COC(COCC=C)COCC=C. The van der Waals surface area contributed by atoms with Crippen LogP contribution in [0, 0.1) is 0 Å². The quantitative estimate of drug-likeness (QED) is 0.220. The van der Waals surface area contributed by atoms with Gasteiger partial charge in [0.2, 0.25) is 0 Å². The molecule has 0 saturated carbocycles. The van der Waals surface area contributed by atoms with Gasteiger partial charge in [0.25, 0.3) is 0 Å². The van der Waals surface area contributed by atoms with E-state index in [0.29, 0.717) is 52.9 Å². The molecule has 0 aliphatic carbocycles. The topological polar surface area (TPSA) is 75.6 Å². The maximum atomic E-state index is 10.2. The minimum atomic E-state index is -0.803. The van der Waals surface area contributed by atoms with E-state index in [1.807, 2.05) is 0 Å². The average molecular weight is 401 g/mol. The monoisotopic (exact) mass is 400 g/mol. The highest BCUT2D eigenvalue weighted by molar-refractivity contribution is 4.69. The first kappa shape index (κ1) is 26.7. The summed E-state index contributed by atoms with van der Waals surface area (Å²) >= 11 is 0. The molecule has 0 atom stereocenters. The number of aliphatic hydroxyl groups is 1. The van der Waals surface area contributed by atoms with Gasteiger partial charge in [0, 0.05) is 0 Å². The second-order valence-corrected chi connectivity index (χ2v) is 5.87. The van der Waals surface area contributed by atoms with Crippen LogP contribution in [0.2, 0.25) is 0 Å². The van der Waals surface area contributed by atoms with Crippen molar-refractivity contribution < 1.29 is 33.5 Å². The Morgan fingerprint density at radius 1 is 0.536 bits per heavy atom. The maximum absolute atomic E-state index is 10.2. The van der Waals surface area contributed by atoms with Gasteiger partial charge in [0.05, 0.1) is 66.1 Å². The summed E-state index contributed by atoms with van der Waals surface area (Å²) in [4.78, 5) is 0. The number of rotatable bonds is 22. The van der Waals surface area contributed by atoms with Crippen molar-refractivity contribution in [3.8, 4) is 0 Å². The van der Waals surface area contributed by atoms with Crippen LogP contribution in [0.4, 0.5) is 0 Å². The van der Waals surface area contributed by atoms with Gasteiger partial charge >= 0.3 is 0 Å². The number of aliphatic hydroxyl groups excluding tert-OH is 1. The highest BCUT2D eigenvalue weighted by Gasteiger charge is 2.16. The van der Waals surface area contributed by atoms with Crippen molar-refractivity contribution in [2.45, 2.75) is 18.3 Å². The molecular formula is C21H36O7. The number of ether oxygens (including phenoxy) is 6. The molecule has 0 rings (SSSR count). The lowest BCUT2D eigenvalue weighted by Crippen LogP contribution is -2.34. The third-order valence-electron chi connectivity index (χ3n) is 3.21. The lowest BCUT2D eigenvalue weighted by atomic mass is 10.3. The Kier molecular flexibility index (Phi) is 19.5. The van der Waals surface area contributed by atoms with Crippen LogP contribution in [0.15, 0.2) is 50.6 Å². The fourth-order valence-corrected chi connectivity index (χ4v) is 1.96. The lowest BCUT2D eigenvalue weighted by molar-refractivity contribution is -0.110. The van der Waals surface area contributed by atoms with Crippen LogP contribution in [-0.4, -0.2) is 89.5 Å². The van der Waals surface area contributed by atoms with E-state index in [0.717, 1.165) is 0 Å². The van der Waals surface area contributed by atoms with Gasteiger partial charge in [-0.3, -0.25) is 0 Å². The summed E-state index contributed by atoms with van der Waals surface area (Å²) in [6.45, 7) is 17.6. The predicted octanol–water partition coefficient (Wildman–Crippen LogP) is 1.93. The molecule has 0 aliphatic heterocycles. The van der Waals surface area contributed by atoms with E-state index in [1.54, 1.807) is 24.3 Å². The van der Waals surface area contributed by atoms with Gasteiger partial charge in [-0.1, -0.05) is 24.3 Å². The zero-order valence-electron chi connectivity index (χ0n) is 16.8. The Morgan fingerprint density at radius 2 is 0.821 bits per heavy atom. The van der Waals surface area contributed by atoms with Crippen molar-refractivity contribution in [2.75, 3.05) is 66.1 Å². The molecule has 0 spiro atoms. The summed E-state index contributed by atoms with van der Waals surface area (Å²) in [6, 6.07) is 0. The summed E-state index contributed by atoms with van der Waals surface area (Å²) in [7, 11) is 0. The van der Waals surface area contributed by atoms with Crippen molar-refractivity contribution in [3.63, 3.8) is 0 Å². The van der Waals surface area contributed by atoms with E-state index in [-0.39, 0.29) is 25.4 Å². The molecule has 0 aromatic rings. The smallest absolute Gasteiger partial charge is 0.104 e. The summed E-state index contributed by atoms with van der Waals surface area (Å²) in [5, 5.41) is 10.2. The van der Waals surface area contributed by atoms with Gasteiger partial charge in [0.1, 0.15) is 18.3 Å². The summed E-state index contributed by atoms with van der Waals surface area (Å²) in [6.07, 6.45) is 5.22. The second-order valence-electron chi connectivity index (χ2n) is 5.87. The fourth-order valence-electron chi connectivity index (χ4n) is 1.96. The molecule has 0 bridgehead atoms. The Morgan fingerprint density at radius 3 is 1.07 bits per heavy atom. The van der Waals surface area contributed by atoms with E-state index in [2.05, 4.69) is 26.3 Å². The Bertz CT molecular complexity index is 336. The molecule has 7 heteroatoms. The Labute approximate surface area is 169 Å². The van der Waals surface area contributed by atoms with Gasteiger partial charge in [-0.05, 0) is 0 Å². The van der Waals surface area contributed by atoms with Crippen molar-refractivity contribution >= 4 is 0 Å². The van der Waals surface area contributed by atoms with Crippen LogP contribution in [0.3, 0.4) is 0 Å². The first-order valence-corrected chi connectivity index (χ1v) is 9.33. The molecule has 0 fully saturated rings. The molecule has 0 radical (unpaired) electrons. The summed E-state index contributed by atoms with van der Waals surface area (Å²) < 4.78 is 33.0. The molecule has 0 heterocycles. The van der Waals surface area contributed by atoms with E-state index >= 15 is 0 Å². The third kappa shape index (κ3) is 16.8. The van der Waals surface area contributed by atoms with Crippen LogP contribution in [0.25, 0.3) is 0 Å². The normalized spacial score (nSPS) is 11.3. The van der Waals surface area contributed by atoms with Gasteiger partial charge in [-0.15, -0.1) is 26.3 Å². The highest BCUT2D eigenvalue weighted by Crippen LogP contribution is 2.02. The first-order chi connectivity index (χ1) is 13.7. The van der Waals surface area contributed by atoms with Gasteiger partial charge in [-0.25, -0.2) is 0 Å². The second kappa shape index (κ2) is 20.4. The van der Waals surface area contributed by atoms with E-state index in [4.69, 9.17) is 28.4 Å². The molecule has 0 saturated heterocycles. The number of hydrogen-bond acceptors (Lipinski definition) is 7. The molecular weight excluding hydrogens is 364 g/mol. The van der Waals surface area contributed by atoms with Crippen LogP contribution in [0.1, 0.15) is 0 Å². The van der Waals surface area contributed by atoms with E-state index in [9.17, 15) is 5.11 Å². The van der Waals surface area contributed by atoms with Crippen LogP contribution in [0.5, 0.6) is 0 Å². The molecule has 0 aromatic heterocycles. The molecule has 162 valence electrons. The molecule has 28 heavy (non-hydrogen) atoms. The molecule has 0 aromatic carbocycles. The fraction of sp³-hybridized carbons (Fsp3) is 0.619. The van der Waals surface area contributed by atoms with Gasteiger partial charge in [0.15, 0.2) is 0 Å². The Hall–Kier alpha value is -1.32. The predicted molar refractivity (Wildman–Crippen MR) is 110 cm³/mol. The molecule has 7 nitrogen and oxygen atoms in total. The largest absolute Gasteiger partial charge is 0.388 e. The Balaban J connectivity index is 4.26. The zero-order chi connectivity index (χ0) is 20.9. The molecule has 0 aliphatic rings. The minimum absolute atomic E-state index is 0.0906. The van der Waals surface area contributed by atoms with Crippen molar-refractivity contribution in [3.05, 3.63) is 50.6 Å². The van der Waals surface area contributed by atoms with Crippen LogP contribution in [-0.2, 0) is 28.4 Å². The van der Waals surface area contributed by atoms with Crippen molar-refractivity contribution in [1.82, 2.24) is 0 Å². The van der Waals surface area contributed by atoms with E-state index < -0.39 is 6.10 Å². The van der Waals surface area contributed by atoms with Gasteiger partial charge in [-0.2, -0.15) is 0 Å². The van der Waals surface area contributed by atoms with Gasteiger partial charge < -0.3 is 33.5 Å². The van der Waals surface area contributed by atoms with Crippen LogP contribution < -0.4 is 0 Å². The van der Waals surface area contributed by atoms with Crippen LogP contribution >= 0.6 is 0 Å². The minimum Gasteiger partial charge on any atom is -0.388 e. The van der Waals surface area contributed by atoms with Crippen molar-refractivity contribution in [2.24, 2.45) is 0 Å². The standard InChI is InChI=1S/C21H36O7/c1-5-9-23-15-20(16-24-10-6-2)27-13-19(22)14-28-21(17-25-11-7-3)18-26-12-8-4/h5-8,19-22H,1-4,9-18H2. The first-order valence-electron chi connectivity index (χ1n) is 9.33. The highest BCUT2D eigenvalue weighted by atomic mass is 16.6. The summed E-state index contributed by atoms with van der Waals surface area (Å²) in [5.41, 5.74) is 0. The van der Waals surface area contributed by atoms with E-state index in [1.165, 1.54) is 0 Å². The lowest BCUT2D eigenvalue weighted by Gasteiger charge is -2.22. The zero-order valence-corrected chi connectivity index (χ0v) is 16.8. The third-order valence-corrected chi connectivity index (χ3v) is 3.21. The summed E-state index contributed by atoms with van der Waals surface area (Å²) in [5.74, 6) is 0. The molecule has 0 unspecified atom stereocenters. The number of hydrogen-bond donors (Lipinski definition) is 1.